The van der Waals surface area contributed by atoms with Crippen LogP contribution >= 0.6 is 23.1 Å². The first-order chi connectivity index (χ1) is 10.5. The van der Waals surface area contributed by atoms with Gasteiger partial charge in [-0.1, -0.05) is 23.1 Å². The molecule has 7 heteroatoms. The van der Waals surface area contributed by atoms with Gasteiger partial charge in [0.15, 0.2) is 4.34 Å². The smallest absolute Gasteiger partial charge is 0.237 e. The van der Waals surface area contributed by atoms with Gasteiger partial charge < -0.3 is 10.1 Å². The molecule has 0 unspecified atom stereocenters. The number of rotatable bonds is 6. The van der Waals surface area contributed by atoms with Crippen molar-refractivity contribution in [2.24, 2.45) is 0 Å². The maximum absolute atomic E-state index is 12.2. The highest BCUT2D eigenvalue weighted by atomic mass is 32.2. The molecule has 1 aromatic carbocycles. The maximum atomic E-state index is 12.2. The van der Waals surface area contributed by atoms with Crippen LogP contribution in [0.2, 0.25) is 0 Å². The van der Waals surface area contributed by atoms with E-state index in [0.29, 0.717) is 0 Å². The molecule has 0 fully saturated rings. The molecule has 0 bridgehead atoms. The van der Waals surface area contributed by atoms with Gasteiger partial charge in [0.25, 0.3) is 0 Å². The largest absolute Gasteiger partial charge is 0.491 e. The normalized spacial score (nSPS) is 12.2. The minimum Gasteiger partial charge on any atom is -0.491 e. The summed E-state index contributed by atoms with van der Waals surface area (Å²) in [6.45, 7) is 7.77. The Morgan fingerprint density at radius 1 is 1.36 bits per heavy atom. The van der Waals surface area contributed by atoms with E-state index in [4.69, 9.17) is 4.74 Å². The number of amides is 1. The van der Waals surface area contributed by atoms with E-state index in [9.17, 15) is 4.79 Å². The number of nitrogens with one attached hydrogen (secondary N) is 1. The van der Waals surface area contributed by atoms with Crippen LogP contribution in [0.3, 0.4) is 0 Å². The van der Waals surface area contributed by atoms with Gasteiger partial charge in [-0.05, 0) is 51.5 Å². The third kappa shape index (κ3) is 4.71. The summed E-state index contributed by atoms with van der Waals surface area (Å²) in [4.78, 5) is 12.2. The van der Waals surface area contributed by atoms with Gasteiger partial charge in [0.1, 0.15) is 11.3 Å². The van der Waals surface area contributed by atoms with E-state index in [2.05, 4.69) is 15.5 Å². The lowest BCUT2D eigenvalue weighted by molar-refractivity contribution is -0.115. The molecule has 22 heavy (non-hydrogen) atoms. The molecule has 1 aromatic heterocycles. The summed E-state index contributed by atoms with van der Waals surface area (Å²) in [6.07, 6.45) is 0.128. The van der Waals surface area contributed by atoms with Crippen molar-refractivity contribution in [3.05, 3.63) is 29.3 Å². The molecule has 0 saturated heterocycles. The van der Waals surface area contributed by atoms with Crippen LogP contribution in [0.25, 0.3) is 0 Å². The molecule has 5 nitrogen and oxygen atoms in total. The number of ether oxygens (including phenoxy) is 1. The minimum absolute atomic E-state index is 0.0548. The second kappa shape index (κ2) is 7.60. The standard InChI is InChI=1S/C15H19N3O2S2/c1-9(2)20-12-5-6-13(10(3)7-12)17-14(19)11(4)22-15-18-16-8-21-15/h5-9,11H,1-4H3,(H,17,19)/t11-/m1/s1. The molecule has 0 spiro atoms. The average Bonchev–Trinajstić information content (AvgIpc) is 2.94. The molecule has 2 rings (SSSR count). The zero-order valence-corrected chi connectivity index (χ0v) is 14.6. The van der Waals surface area contributed by atoms with E-state index in [1.54, 1.807) is 5.51 Å². The zero-order valence-electron chi connectivity index (χ0n) is 13.0. The fraction of sp³-hybridized carbons (Fsp3) is 0.400. The van der Waals surface area contributed by atoms with Crippen LogP contribution in [0.4, 0.5) is 5.69 Å². The monoisotopic (exact) mass is 337 g/mol. The Labute approximate surface area is 138 Å². The first-order valence-corrected chi connectivity index (χ1v) is 8.72. The fourth-order valence-corrected chi connectivity index (χ4v) is 3.40. The van der Waals surface area contributed by atoms with Crippen LogP contribution in [0, 0.1) is 6.92 Å². The fourth-order valence-electron chi connectivity index (χ4n) is 1.78. The van der Waals surface area contributed by atoms with Crippen molar-refractivity contribution in [2.75, 3.05) is 5.32 Å². The molecule has 1 heterocycles. The lowest BCUT2D eigenvalue weighted by atomic mass is 10.2. The Balaban J connectivity index is 1.98. The number of aromatic nitrogens is 2. The highest BCUT2D eigenvalue weighted by Crippen LogP contribution is 2.26. The molecule has 0 aliphatic carbocycles. The summed E-state index contributed by atoms with van der Waals surface area (Å²) in [7, 11) is 0. The van der Waals surface area contributed by atoms with Gasteiger partial charge in [-0.25, -0.2) is 0 Å². The van der Waals surface area contributed by atoms with Gasteiger partial charge in [0.2, 0.25) is 5.91 Å². The summed E-state index contributed by atoms with van der Waals surface area (Å²) in [6, 6.07) is 5.66. The number of aryl methyl sites for hydroxylation is 1. The van der Waals surface area contributed by atoms with Gasteiger partial charge in [0.05, 0.1) is 11.4 Å². The topological polar surface area (TPSA) is 64.1 Å². The summed E-state index contributed by atoms with van der Waals surface area (Å²) in [5.74, 6) is 0.752. The summed E-state index contributed by atoms with van der Waals surface area (Å²) >= 11 is 2.83. The number of carbonyl (C=O) groups is 1. The first kappa shape index (κ1) is 16.8. The van der Waals surface area contributed by atoms with Crippen molar-refractivity contribution in [3.8, 4) is 5.75 Å². The maximum Gasteiger partial charge on any atom is 0.237 e. The van der Waals surface area contributed by atoms with Gasteiger partial charge in [0, 0.05) is 5.69 Å². The Morgan fingerprint density at radius 2 is 2.14 bits per heavy atom. The SMILES string of the molecule is Cc1cc(OC(C)C)ccc1NC(=O)[C@@H](C)Sc1nncs1. The van der Waals surface area contributed by atoms with Gasteiger partial charge in [-0.3, -0.25) is 4.79 Å². The molecule has 0 aliphatic heterocycles. The molecular formula is C15H19N3O2S2. The van der Waals surface area contributed by atoms with Crippen molar-refractivity contribution in [2.45, 2.75) is 43.4 Å². The predicted molar refractivity (Wildman–Crippen MR) is 90.8 cm³/mol. The quantitative estimate of drug-likeness (QED) is 0.813. The first-order valence-electron chi connectivity index (χ1n) is 6.96. The molecule has 1 atom stereocenters. The Morgan fingerprint density at radius 3 is 2.73 bits per heavy atom. The lowest BCUT2D eigenvalue weighted by Gasteiger charge is -2.15. The number of thioether (sulfide) groups is 1. The van der Waals surface area contributed by atoms with Crippen molar-refractivity contribution < 1.29 is 9.53 Å². The van der Waals surface area contributed by atoms with E-state index in [1.165, 1.54) is 23.1 Å². The van der Waals surface area contributed by atoms with Crippen LogP contribution in [-0.4, -0.2) is 27.5 Å². The molecule has 2 aromatic rings. The Hall–Kier alpha value is -1.60. The van der Waals surface area contributed by atoms with E-state index >= 15 is 0 Å². The highest BCUT2D eigenvalue weighted by Gasteiger charge is 2.17. The third-order valence-electron chi connectivity index (χ3n) is 2.81. The number of nitrogens with zero attached hydrogens (tertiary/aromatic N) is 2. The number of benzene rings is 1. The van der Waals surface area contributed by atoms with Crippen LogP contribution in [-0.2, 0) is 4.79 Å². The molecule has 1 amide bonds. The zero-order chi connectivity index (χ0) is 16.1. The molecule has 0 saturated carbocycles. The van der Waals surface area contributed by atoms with Crippen molar-refractivity contribution in [1.29, 1.82) is 0 Å². The van der Waals surface area contributed by atoms with Gasteiger partial charge in [-0.15, -0.1) is 10.2 Å². The van der Waals surface area contributed by atoms with E-state index < -0.39 is 0 Å². The second-order valence-electron chi connectivity index (χ2n) is 5.10. The number of hydrogen-bond donors (Lipinski definition) is 1. The molecule has 1 N–H and O–H groups in total. The molecule has 0 aliphatic rings. The lowest BCUT2D eigenvalue weighted by Crippen LogP contribution is -2.22. The van der Waals surface area contributed by atoms with E-state index in [0.717, 1.165) is 21.3 Å². The van der Waals surface area contributed by atoms with Gasteiger partial charge >= 0.3 is 0 Å². The minimum atomic E-state index is -0.237. The molecular weight excluding hydrogens is 318 g/mol. The van der Waals surface area contributed by atoms with Crippen LogP contribution in [0.15, 0.2) is 28.0 Å². The third-order valence-corrected chi connectivity index (χ3v) is 4.73. The van der Waals surface area contributed by atoms with E-state index in [-0.39, 0.29) is 17.3 Å². The van der Waals surface area contributed by atoms with Crippen LogP contribution < -0.4 is 10.1 Å². The van der Waals surface area contributed by atoms with Crippen molar-refractivity contribution in [3.63, 3.8) is 0 Å². The number of anilines is 1. The Kier molecular flexibility index (Phi) is 5.79. The van der Waals surface area contributed by atoms with Crippen molar-refractivity contribution >= 4 is 34.7 Å². The van der Waals surface area contributed by atoms with Gasteiger partial charge in [-0.2, -0.15) is 0 Å². The predicted octanol–water partition coefficient (Wildman–Crippen LogP) is 3.75. The summed E-state index contributed by atoms with van der Waals surface area (Å²) in [5.41, 5.74) is 3.43. The van der Waals surface area contributed by atoms with Crippen LogP contribution in [0.1, 0.15) is 26.3 Å². The average molecular weight is 337 g/mol. The Bertz CT molecular complexity index is 630. The van der Waals surface area contributed by atoms with Crippen LogP contribution in [0.5, 0.6) is 5.75 Å². The summed E-state index contributed by atoms with van der Waals surface area (Å²) < 4.78 is 6.43. The summed E-state index contributed by atoms with van der Waals surface area (Å²) in [5, 5.41) is 10.4. The highest BCUT2D eigenvalue weighted by molar-refractivity contribution is 8.02. The number of carbonyl (C=O) groups excluding carboxylic acids is 1. The van der Waals surface area contributed by atoms with E-state index in [1.807, 2.05) is 45.9 Å². The number of hydrogen-bond acceptors (Lipinski definition) is 6. The second-order valence-corrected chi connectivity index (χ2v) is 7.52. The molecule has 118 valence electrons. The van der Waals surface area contributed by atoms with Crippen molar-refractivity contribution in [1.82, 2.24) is 10.2 Å². The molecule has 0 radical (unpaired) electrons.